The average Bonchev–Trinajstić information content (AvgIpc) is 2.74. The molecule has 0 saturated heterocycles. The van der Waals surface area contributed by atoms with Crippen molar-refractivity contribution >= 4 is 22.9 Å². The number of aliphatic carboxylic acids is 1. The maximum Gasteiger partial charge on any atom is 0.374 e. The van der Waals surface area contributed by atoms with Crippen molar-refractivity contribution in [3.63, 3.8) is 0 Å². The molecule has 1 heterocycles. The van der Waals surface area contributed by atoms with Gasteiger partial charge in [-0.1, -0.05) is 0 Å². The molecule has 0 atom stereocenters. The van der Waals surface area contributed by atoms with Crippen molar-refractivity contribution in [1.29, 1.82) is 0 Å². The number of fused-ring (bicyclic) bond motifs is 1. The van der Waals surface area contributed by atoms with E-state index in [2.05, 4.69) is 0 Å². The second-order valence-electron chi connectivity index (χ2n) is 4.12. The highest BCUT2D eigenvalue weighted by atomic mass is 16.5. The minimum absolute atomic E-state index is 0.150. The van der Waals surface area contributed by atoms with Gasteiger partial charge in [0.25, 0.3) is 0 Å². The van der Waals surface area contributed by atoms with Crippen LogP contribution >= 0.6 is 0 Å². The van der Waals surface area contributed by atoms with Crippen LogP contribution in [-0.2, 0) is 9.53 Å². The monoisotopic (exact) mass is 278 g/mol. The van der Waals surface area contributed by atoms with Gasteiger partial charge in [-0.25, -0.2) is 9.59 Å². The van der Waals surface area contributed by atoms with Gasteiger partial charge in [0.1, 0.15) is 11.3 Å². The fourth-order valence-corrected chi connectivity index (χ4v) is 1.83. The highest BCUT2D eigenvalue weighted by molar-refractivity contribution is 5.96. The Hall–Kier alpha value is -2.50. The molecule has 0 aliphatic rings. The summed E-state index contributed by atoms with van der Waals surface area (Å²) in [5, 5.41) is 9.26. The zero-order valence-corrected chi connectivity index (χ0v) is 11.1. The third-order valence-electron chi connectivity index (χ3n) is 2.73. The van der Waals surface area contributed by atoms with Crippen molar-refractivity contribution in [3.8, 4) is 5.75 Å². The van der Waals surface area contributed by atoms with Crippen molar-refractivity contribution < 1.29 is 28.6 Å². The van der Waals surface area contributed by atoms with Crippen molar-refractivity contribution in [2.45, 2.75) is 13.8 Å². The van der Waals surface area contributed by atoms with Crippen LogP contribution in [0.4, 0.5) is 0 Å². The summed E-state index contributed by atoms with van der Waals surface area (Å²) in [6, 6.07) is 4.85. The van der Waals surface area contributed by atoms with Crippen LogP contribution in [0.25, 0.3) is 11.0 Å². The van der Waals surface area contributed by atoms with Crippen LogP contribution in [-0.4, -0.2) is 30.3 Å². The molecule has 2 rings (SSSR count). The van der Waals surface area contributed by atoms with Crippen LogP contribution in [0.15, 0.2) is 22.6 Å². The lowest BCUT2D eigenvalue weighted by Crippen LogP contribution is -2.09. The average molecular weight is 278 g/mol. The van der Waals surface area contributed by atoms with E-state index in [9.17, 15) is 9.59 Å². The third-order valence-corrected chi connectivity index (χ3v) is 2.73. The number of carbonyl (C=O) groups excluding carboxylic acids is 1. The van der Waals surface area contributed by atoms with Gasteiger partial charge in [-0.15, -0.1) is 0 Å². The van der Waals surface area contributed by atoms with Crippen molar-refractivity contribution in [2.24, 2.45) is 0 Å². The van der Waals surface area contributed by atoms with Crippen molar-refractivity contribution in [3.05, 3.63) is 29.5 Å². The first-order valence-corrected chi connectivity index (χ1v) is 6.07. The minimum Gasteiger partial charge on any atom is -0.482 e. The molecule has 106 valence electrons. The molecule has 6 heteroatoms. The summed E-state index contributed by atoms with van der Waals surface area (Å²) in [5.74, 6) is -1.02. The largest absolute Gasteiger partial charge is 0.482 e. The fourth-order valence-electron chi connectivity index (χ4n) is 1.83. The molecule has 0 amide bonds. The van der Waals surface area contributed by atoms with Gasteiger partial charge in [0.15, 0.2) is 6.61 Å². The van der Waals surface area contributed by atoms with E-state index in [0.29, 0.717) is 22.3 Å². The molecule has 0 unspecified atom stereocenters. The van der Waals surface area contributed by atoms with E-state index < -0.39 is 18.5 Å². The van der Waals surface area contributed by atoms with Gasteiger partial charge in [-0.2, -0.15) is 0 Å². The van der Waals surface area contributed by atoms with Crippen molar-refractivity contribution in [2.75, 3.05) is 13.2 Å². The summed E-state index contributed by atoms with van der Waals surface area (Å²) >= 11 is 0. The normalized spacial score (nSPS) is 10.5. The lowest BCUT2D eigenvalue weighted by Gasteiger charge is -2.02. The number of aryl methyl sites for hydroxylation is 1. The zero-order chi connectivity index (χ0) is 14.7. The van der Waals surface area contributed by atoms with Gasteiger partial charge < -0.3 is 19.0 Å². The van der Waals surface area contributed by atoms with E-state index in [0.717, 1.165) is 0 Å². The quantitative estimate of drug-likeness (QED) is 0.845. The molecule has 0 radical (unpaired) electrons. The molecule has 0 aliphatic carbocycles. The predicted octanol–water partition coefficient (Wildman–Crippen LogP) is 2.38. The van der Waals surface area contributed by atoms with Crippen LogP contribution in [0.3, 0.4) is 0 Å². The summed E-state index contributed by atoms with van der Waals surface area (Å²) in [7, 11) is 0. The molecular formula is C14H14O6. The third kappa shape index (κ3) is 2.74. The molecule has 1 N–H and O–H groups in total. The summed E-state index contributed by atoms with van der Waals surface area (Å²) in [6.45, 7) is 3.29. The summed E-state index contributed by atoms with van der Waals surface area (Å²) < 4.78 is 15.4. The summed E-state index contributed by atoms with van der Waals surface area (Å²) in [5.41, 5.74) is 1.16. The number of carboxylic acids is 1. The number of hydrogen-bond acceptors (Lipinski definition) is 5. The Morgan fingerprint density at radius 1 is 1.35 bits per heavy atom. The van der Waals surface area contributed by atoms with Crippen LogP contribution in [0.1, 0.15) is 23.0 Å². The number of carboxylic acid groups (broad SMARTS) is 1. The first kappa shape index (κ1) is 13.9. The van der Waals surface area contributed by atoms with Gasteiger partial charge >= 0.3 is 11.9 Å². The molecule has 1 aromatic heterocycles. The maximum atomic E-state index is 11.7. The van der Waals surface area contributed by atoms with Crippen LogP contribution in [0, 0.1) is 6.92 Å². The second kappa shape index (κ2) is 5.64. The van der Waals surface area contributed by atoms with E-state index in [1.165, 1.54) is 0 Å². The Balaban J connectivity index is 2.35. The van der Waals surface area contributed by atoms with Gasteiger partial charge in [0.2, 0.25) is 5.76 Å². The number of carbonyl (C=O) groups is 2. The van der Waals surface area contributed by atoms with Gasteiger partial charge in [0.05, 0.1) is 6.61 Å². The molecule has 20 heavy (non-hydrogen) atoms. The smallest absolute Gasteiger partial charge is 0.374 e. The van der Waals surface area contributed by atoms with Crippen LogP contribution < -0.4 is 4.74 Å². The summed E-state index contributed by atoms with van der Waals surface area (Å²) in [6.07, 6.45) is 0. The molecule has 0 fully saturated rings. The highest BCUT2D eigenvalue weighted by Crippen LogP contribution is 2.29. The predicted molar refractivity (Wildman–Crippen MR) is 70.0 cm³/mol. The SMILES string of the molecule is CCOC(=O)c1oc2ccc(OCC(=O)O)cc2c1C. The van der Waals surface area contributed by atoms with Crippen molar-refractivity contribution in [1.82, 2.24) is 0 Å². The lowest BCUT2D eigenvalue weighted by atomic mass is 10.1. The minimum atomic E-state index is -1.05. The van der Waals surface area contributed by atoms with Gasteiger partial charge in [-0.05, 0) is 32.0 Å². The van der Waals surface area contributed by atoms with E-state index in [-0.39, 0.29) is 12.4 Å². The van der Waals surface area contributed by atoms with Gasteiger partial charge in [-0.3, -0.25) is 0 Å². The molecule has 2 aromatic rings. The zero-order valence-electron chi connectivity index (χ0n) is 11.1. The maximum absolute atomic E-state index is 11.7. The van der Waals surface area contributed by atoms with E-state index >= 15 is 0 Å². The van der Waals surface area contributed by atoms with E-state index in [1.807, 2.05) is 0 Å². The second-order valence-corrected chi connectivity index (χ2v) is 4.12. The van der Waals surface area contributed by atoms with Crippen LogP contribution in [0.2, 0.25) is 0 Å². The Bertz CT molecular complexity index is 655. The highest BCUT2D eigenvalue weighted by Gasteiger charge is 2.19. The van der Waals surface area contributed by atoms with Crippen LogP contribution in [0.5, 0.6) is 5.75 Å². The number of esters is 1. The Labute approximate surface area is 114 Å². The fraction of sp³-hybridized carbons (Fsp3) is 0.286. The molecule has 1 aromatic carbocycles. The molecule has 0 spiro atoms. The Morgan fingerprint density at radius 3 is 2.75 bits per heavy atom. The number of hydrogen-bond donors (Lipinski definition) is 1. The Kier molecular flexibility index (Phi) is 3.93. The molecule has 0 bridgehead atoms. The van der Waals surface area contributed by atoms with Gasteiger partial charge in [0, 0.05) is 10.9 Å². The number of rotatable bonds is 5. The molecule has 0 saturated carbocycles. The summed E-state index contributed by atoms with van der Waals surface area (Å²) in [4.78, 5) is 22.2. The molecule has 6 nitrogen and oxygen atoms in total. The van der Waals surface area contributed by atoms with E-state index in [1.54, 1.807) is 32.0 Å². The first-order valence-electron chi connectivity index (χ1n) is 6.07. The lowest BCUT2D eigenvalue weighted by molar-refractivity contribution is -0.139. The Morgan fingerprint density at radius 2 is 2.10 bits per heavy atom. The standard InChI is InChI=1S/C14H14O6/c1-3-18-14(17)13-8(2)10-6-9(19-7-12(15)16)4-5-11(10)20-13/h4-6H,3,7H2,1-2H3,(H,15,16). The number of furan rings is 1. The molecular weight excluding hydrogens is 264 g/mol. The molecule has 0 aliphatic heterocycles. The number of ether oxygens (including phenoxy) is 2. The topological polar surface area (TPSA) is 86.0 Å². The first-order chi connectivity index (χ1) is 9.52. The number of benzene rings is 1. The van der Waals surface area contributed by atoms with E-state index in [4.69, 9.17) is 19.0 Å².